The average molecular weight is 559 g/mol. The number of halogens is 3. The van der Waals surface area contributed by atoms with Crippen molar-refractivity contribution < 1.29 is 19.1 Å². The number of unbranched alkanes of at least 4 members (excludes halogenated alkanes) is 1. The maximum absolute atomic E-state index is 13.1. The SMILES string of the molecule is CCCCOc1ccccc1NC(=O)c1cccc(NC2=C(Cl)C(=O)N(c3cccc(Cl)c3Cl)C2=O)c1. The second kappa shape index (κ2) is 11.7. The summed E-state index contributed by atoms with van der Waals surface area (Å²) in [7, 11) is 0. The van der Waals surface area contributed by atoms with Gasteiger partial charge in [-0.15, -0.1) is 0 Å². The van der Waals surface area contributed by atoms with E-state index in [0.717, 1.165) is 17.7 Å². The summed E-state index contributed by atoms with van der Waals surface area (Å²) in [5.74, 6) is -1.25. The summed E-state index contributed by atoms with van der Waals surface area (Å²) >= 11 is 18.5. The fourth-order valence-electron chi connectivity index (χ4n) is 3.59. The molecule has 0 atom stereocenters. The molecular weight excluding hydrogens is 537 g/mol. The van der Waals surface area contributed by atoms with E-state index in [1.165, 1.54) is 6.07 Å². The number of hydrogen-bond donors (Lipinski definition) is 2. The zero-order valence-electron chi connectivity index (χ0n) is 19.7. The van der Waals surface area contributed by atoms with Gasteiger partial charge in [-0.3, -0.25) is 14.4 Å². The van der Waals surface area contributed by atoms with Crippen molar-refractivity contribution in [2.24, 2.45) is 0 Å². The molecule has 190 valence electrons. The third kappa shape index (κ3) is 5.74. The molecule has 2 N–H and O–H groups in total. The molecule has 0 aliphatic carbocycles. The van der Waals surface area contributed by atoms with Gasteiger partial charge in [-0.1, -0.05) is 72.4 Å². The van der Waals surface area contributed by atoms with Crippen LogP contribution in [0.25, 0.3) is 0 Å². The Morgan fingerprint density at radius 2 is 1.70 bits per heavy atom. The predicted octanol–water partition coefficient (Wildman–Crippen LogP) is 6.86. The first-order valence-electron chi connectivity index (χ1n) is 11.4. The zero-order chi connectivity index (χ0) is 26.5. The van der Waals surface area contributed by atoms with Crippen LogP contribution >= 0.6 is 34.8 Å². The molecule has 3 aromatic rings. The van der Waals surface area contributed by atoms with Gasteiger partial charge in [-0.2, -0.15) is 0 Å². The summed E-state index contributed by atoms with van der Waals surface area (Å²) in [4.78, 5) is 39.7. The molecule has 1 aliphatic heterocycles. The molecule has 0 spiro atoms. The van der Waals surface area contributed by atoms with Crippen molar-refractivity contribution in [2.45, 2.75) is 19.8 Å². The Morgan fingerprint density at radius 1 is 0.946 bits per heavy atom. The molecule has 10 heteroatoms. The highest BCUT2D eigenvalue weighted by molar-refractivity contribution is 6.54. The molecule has 0 saturated carbocycles. The van der Waals surface area contributed by atoms with Crippen molar-refractivity contribution >= 4 is 69.6 Å². The number of hydrogen-bond acceptors (Lipinski definition) is 5. The largest absolute Gasteiger partial charge is 0.491 e. The van der Waals surface area contributed by atoms with Gasteiger partial charge in [0.05, 0.1) is 28.0 Å². The molecule has 0 fully saturated rings. The molecule has 0 aromatic heterocycles. The number of para-hydroxylation sites is 2. The lowest BCUT2D eigenvalue weighted by Gasteiger charge is -2.17. The second-order valence-electron chi connectivity index (χ2n) is 8.07. The summed E-state index contributed by atoms with van der Waals surface area (Å²) in [5.41, 5.74) is 1.21. The third-order valence-electron chi connectivity index (χ3n) is 5.48. The molecular formula is C27H22Cl3N3O4. The van der Waals surface area contributed by atoms with E-state index < -0.39 is 11.8 Å². The van der Waals surface area contributed by atoms with Crippen LogP contribution in [0.15, 0.2) is 77.5 Å². The summed E-state index contributed by atoms with van der Waals surface area (Å²) in [5, 5.41) is 5.64. The van der Waals surface area contributed by atoms with Crippen molar-refractivity contribution in [3.63, 3.8) is 0 Å². The number of carbonyl (C=O) groups excluding carboxylic acids is 3. The summed E-state index contributed by atoms with van der Waals surface area (Å²) in [6.07, 6.45) is 1.89. The molecule has 3 amide bonds. The normalized spacial score (nSPS) is 13.2. The Labute approximate surface area is 229 Å². The monoisotopic (exact) mass is 557 g/mol. The van der Waals surface area contributed by atoms with Gasteiger partial charge in [-0.05, 0) is 48.9 Å². The van der Waals surface area contributed by atoms with Gasteiger partial charge in [0.2, 0.25) is 0 Å². The summed E-state index contributed by atoms with van der Waals surface area (Å²) in [6.45, 7) is 2.61. The van der Waals surface area contributed by atoms with Gasteiger partial charge in [0.15, 0.2) is 0 Å². The quantitative estimate of drug-likeness (QED) is 0.221. The minimum atomic E-state index is -0.744. The minimum absolute atomic E-state index is 0.0502. The van der Waals surface area contributed by atoms with Crippen LogP contribution in [0.2, 0.25) is 10.0 Å². The van der Waals surface area contributed by atoms with Crippen LogP contribution in [0, 0.1) is 0 Å². The van der Waals surface area contributed by atoms with Crippen molar-refractivity contribution in [1.29, 1.82) is 0 Å². The summed E-state index contributed by atoms with van der Waals surface area (Å²) < 4.78 is 5.78. The van der Waals surface area contributed by atoms with Gasteiger partial charge in [0.25, 0.3) is 17.7 Å². The van der Waals surface area contributed by atoms with E-state index in [2.05, 4.69) is 17.6 Å². The molecule has 0 saturated heterocycles. The number of rotatable bonds is 9. The topological polar surface area (TPSA) is 87.7 Å². The van der Waals surface area contributed by atoms with Gasteiger partial charge in [0.1, 0.15) is 16.5 Å². The Balaban J connectivity index is 1.52. The molecule has 3 aromatic carbocycles. The van der Waals surface area contributed by atoms with Crippen LogP contribution in [0.1, 0.15) is 30.1 Å². The molecule has 0 bridgehead atoms. The Bertz CT molecular complexity index is 1410. The second-order valence-corrected chi connectivity index (χ2v) is 9.23. The minimum Gasteiger partial charge on any atom is -0.491 e. The van der Waals surface area contributed by atoms with Gasteiger partial charge >= 0.3 is 0 Å². The predicted molar refractivity (Wildman–Crippen MR) is 147 cm³/mol. The summed E-state index contributed by atoms with van der Waals surface area (Å²) in [6, 6.07) is 18.2. The number of nitrogens with zero attached hydrogens (tertiary/aromatic N) is 1. The molecule has 0 radical (unpaired) electrons. The lowest BCUT2D eigenvalue weighted by Crippen LogP contribution is -2.32. The zero-order valence-corrected chi connectivity index (χ0v) is 22.0. The Morgan fingerprint density at radius 3 is 2.49 bits per heavy atom. The molecule has 4 rings (SSSR count). The molecule has 37 heavy (non-hydrogen) atoms. The van der Waals surface area contributed by atoms with Crippen molar-refractivity contribution in [1.82, 2.24) is 0 Å². The van der Waals surface area contributed by atoms with Crippen LogP contribution in [-0.2, 0) is 9.59 Å². The average Bonchev–Trinajstić information content (AvgIpc) is 3.10. The first kappa shape index (κ1) is 26.5. The van der Waals surface area contributed by atoms with E-state index in [1.54, 1.807) is 54.6 Å². The number of anilines is 3. The first-order chi connectivity index (χ1) is 17.8. The number of nitrogens with one attached hydrogen (secondary N) is 2. The van der Waals surface area contributed by atoms with E-state index in [0.29, 0.717) is 29.3 Å². The van der Waals surface area contributed by atoms with Crippen LogP contribution in [0.3, 0.4) is 0 Å². The highest BCUT2D eigenvalue weighted by atomic mass is 35.5. The Hall–Kier alpha value is -3.52. The van der Waals surface area contributed by atoms with E-state index in [9.17, 15) is 14.4 Å². The first-order valence-corrected chi connectivity index (χ1v) is 12.6. The Kier molecular flexibility index (Phi) is 8.38. The number of amides is 3. The number of ether oxygens (including phenoxy) is 1. The van der Waals surface area contributed by atoms with E-state index >= 15 is 0 Å². The maximum Gasteiger partial charge on any atom is 0.283 e. The van der Waals surface area contributed by atoms with Crippen LogP contribution < -0.4 is 20.3 Å². The standard InChI is InChI=1S/C27H22Cl3N3O4/c1-2-3-14-37-21-13-5-4-11-19(21)32-25(34)16-8-6-9-17(15-16)31-24-23(30)26(35)33(27(24)36)20-12-7-10-18(28)22(20)29/h4-13,15,31H,2-3,14H2,1H3,(H,32,34). The lowest BCUT2D eigenvalue weighted by molar-refractivity contribution is -0.120. The fourth-order valence-corrected chi connectivity index (χ4v) is 4.19. The fraction of sp³-hybridized carbons (Fsp3) is 0.148. The highest BCUT2D eigenvalue weighted by Gasteiger charge is 2.40. The molecule has 0 unspecified atom stereocenters. The van der Waals surface area contributed by atoms with E-state index in [4.69, 9.17) is 39.5 Å². The maximum atomic E-state index is 13.1. The lowest BCUT2D eigenvalue weighted by atomic mass is 10.1. The molecule has 7 nitrogen and oxygen atoms in total. The van der Waals surface area contributed by atoms with Crippen LogP contribution in [-0.4, -0.2) is 24.3 Å². The third-order valence-corrected chi connectivity index (χ3v) is 6.64. The van der Waals surface area contributed by atoms with Gasteiger partial charge < -0.3 is 15.4 Å². The van der Waals surface area contributed by atoms with Gasteiger partial charge in [-0.25, -0.2) is 4.90 Å². The van der Waals surface area contributed by atoms with Crippen molar-refractivity contribution in [3.05, 3.63) is 93.1 Å². The number of carbonyl (C=O) groups is 3. The highest BCUT2D eigenvalue weighted by Crippen LogP contribution is 2.37. The smallest absolute Gasteiger partial charge is 0.283 e. The van der Waals surface area contributed by atoms with E-state index in [-0.39, 0.29) is 32.4 Å². The van der Waals surface area contributed by atoms with Crippen molar-refractivity contribution in [3.8, 4) is 5.75 Å². The number of benzene rings is 3. The van der Waals surface area contributed by atoms with Crippen LogP contribution in [0.4, 0.5) is 17.1 Å². The number of imide groups is 1. The van der Waals surface area contributed by atoms with Crippen molar-refractivity contribution in [2.75, 3.05) is 22.1 Å². The molecule has 1 heterocycles. The molecule has 1 aliphatic rings. The van der Waals surface area contributed by atoms with Gasteiger partial charge in [0, 0.05) is 11.3 Å². The van der Waals surface area contributed by atoms with E-state index in [1.807, 2.05) is 6.07 Å². The van der Waals surface area contributed by atoms with Crippen LogP contribution in [0.5, 0.6) is 5.75 Å².